The fourth-order valence-electron chi connectivity index (χ4n) is 1.33. The molecule has 0 bridgehead atoms. The Morgan fingerprint density at radius 2 is 1.91 bits per heavy atom. The molecule has 0 aliphatic heterocycles. The summed E-state index contributed by atoms with van der Waals surface area (Å²) in [6.07, 6.45) is 5.45. The van der Waals surface area contributed by atoms with Gasteiger partial charge in [-0.3, -0.25) is 0 Å². The number of benzene rings is 1. The smallest absolute Gasteiger partial charge is 0.0131 e. The van der Waals surface area contributed by atoms with Gasteiger partial charge in [-0.1, -0.05) is 37.3 Å². The summed E-state index contributed by atoms with van der Waals surface area (Å²) in [6.45, 7) is 2.20. The fraction of sp³-hybridized carbons (Fsp3) is 0.182. The van der Waals surface area contributed by atoms with E-state index in [0.29, 0.717) is 0 Å². The molecule has 0 unspecified atom stereocenters. The van der Waals surface area contributed by atoms with Crippen molar-refractivity contribution in [3.05, 3.63) is 47.9 Å². The van der Waals surface area contributed by atoms with Gasteiger partial charge in [-0.2, -0.15) is 0 Å². The van der Waals surface area contributed by atoms with Crippen molar-refractivity contribution in [2.45, 2.75) is 13.3 Å². The number of rotatable bonds is 2. The zero-order valence-electron chi connectivity index (χ0n) is 6.67. The largest absolute Gasteiger partial charge is 0.0716 e. The maximum absolute atomic E-state index is 2.20. The van der Waals surface area contributed by atoms with Crippen LogP contribution in [0.15, 0.2) is 30.3 Å². The summed E-state index contributed by atoms with van der Waals surface area (Å²) in [6, 6.07) is 8.59. The first-order valence-corrected chi connectivity index (χ1v) is 4.05. The first-order valence-electron chi connectivity index (χ1n) is 4.05. The van der Waals surface area contributed by atoms with E-state index in [9.17, 15) is 0 Å². The van der Waals surface area contributed by atoms with Crippen LogP contribution in [0.25, 0.3) is 5.57 Å². The van der Waals surface area contributed by atoms with E-state index in [2.05, 4.69) is 43.7 Å². The predicted octanol–water partition coefficient (Wildman–Crippen LogP) is 2.85. The molecular formula is C11H11. The van der Waals surface area contributed by atoms with E-state index in [4.69, 9.17) is 0 Å². The summed E-state index contributed by atoms with van der Waals surface area (Å²) >= 11 is 0. The molecule has 11 heavy (non-hydrogen) atoms. The van der Waals surface area contributed by atoms with Crippen molar-refractivity contribution in [3.8, 4) is 0 Å². The third-order valence-corrected chi connectivity index (χ3v) is 2.04. The molecule has 0 N–H and O–H groups in total. The Bertz CT molecular complexity index is 295. The number of aryl methyl sites for hydroxylation is 1. The van der Waals surface area contributed by atoms with Crippen LogP contribution in [-0.4, -0.2) is 0 Å². The van der Waals surface area contributed by atoms with Crippen molar-refractivity contribution < 1.29 is 0 Å². The van der Waals surface area contributed by atoms with Gasteiger partial charge < -0.3 is 0 Å². The van der Waals surface area contributed by atoms with Gasteiger partial charge in [0.15, 0.2) is 0 Å². The summed E-state index contributed by atoms with van der Waals surface area (Å²) in [5.74, 6) is 0. The fourth-order valence-corrected chi connectivity index (χ4v) is 1.33. The van der Waals surface area contributed by atoms with Gasteiger partial charge in [0, 0.05) is 6.42 Å². The highest BCUT2D eigenvalue weighted by Crippen LogP contribution is 2.31. The van der Waals surface area contributed by atoms with E-state index in [1.807, 2.05) is 0 Å². The number of hydrogen-bond acceptors (Lipinski definition) is 0. The molecule has 0 fully saturated rings. The van der Waals surface area contributed by atoms with Crippen molar-refractivity contribution in [2.75, 3.05) is 0 Å². The van der Waals surface area contributed by atoms with Crippen LogP contribution < -0.4 is 0 Å². The normalized spacial score (nSPS) is 14.5. The molecule has 2 rings (SSSR count). The average molecular weight is 143 g/mol. The molecular weight excluding hydrogens is 132 g/mol. The van der Waals surface area contributed by atoms with Gasteiger partial charge in [0.1, 0.15) is 0 Å². The van der Waals surface area contributed by atoms with Crippen molar-refractivity contribution in [1.29, 1.82) is 0 Å². The van der Waals surface area contributed by atoms with E-state index in [1.54, 1.807) is 0 Å². The quantitative estimate of drug-likeness (QED) is 0.597. The summed E-state index contributed by atoms with van der Waals surface area (Å²) in [5.41, 5.74) is 4.27. The van der Waals surface area contributed by atoms with Crippen molar-refractivity contribution >= 4 is 5.57 Å². The predicted molar refractivity (Wildman–Crippen MR) is 48.1 cm³/mol. The van der Waals surface area contributed by atoms with E-state index in [0.717, 1.165) is 6.42 Å². The zero-order valence-corrected chi connectivity index (χ0v) is 6.67. The lowest BCUT2D eigenvalue weighted by atomic mass is 10.0. The minimum atomic E-state index is 1.13. The molecule has 1 aromatic carbocycles. The van der Waals surface area contributed by atoms with Gasteiger partial charge >= 0.3 is 0 Å². The van der Waals surface area contributed by atoms with Crippen LogP contribution in [0.1, 0.15) is 18.1 Å². The molecule has 0 saturated heterocycles. The van der Waals surface area contributed by atoms with Crippen LogP contribution in [-0.2, 0) is 6.42 Å². The van der Waals surface area contributed by atoms with Crippen LogP contribution in [0.3, 0.4) is 0 Å². The van der Waals surface area contributed by atoms with Gasteiger partial charge in [0.25, 0.3) is 0 Å². The van der Waals surface area contributed by atoms with E-state index in [-0.39, 0.29) is 0 Å². The second-order valence-electron chi connectivity index (χ2n) is 2.80. The Morgan fingerprint density at radius 3 is 2.55 bits per heavy atom. The summed E-state index contributed by atoms with van der Waals surface area (Å²) in [7, 11) is 0. The van der Waals surface area contributed by atoms with Crippen LogP contribution in [0, 0.1) is 6.42 Å². The Hall–Kier alpha value is -1.04. The third kappa shape index (κ3) is 1.21. The lowest BCUT2D eigenvalue weighted by molar-refractivity contribution is 1.13. The molecule has 0 spiro atoms. The van der Waals surface area contributed by atoms with Crippen LogP contribution in [0.5, 0.6) is 0 Å². The monoisotopic (exact) mass is 143 g/mol. The van der Waals surface area contributed by atoms with Gasteiger partial charge in [-0.05, 0) is 23.1 Å². The van der Waals surface area contributed by atoms with Gasteiger partial charge in [-0.25, -0.2) is 0 Å². The van der Waals surface area contributed by atoms with Crippen molar-refractivity contribution in [2.24, 2.45) is 0 Å². The summed E-state index contributed by atoms with van der Waals surface area (Å²) < 4.78 is 0. The lowest BCUT2D eigenvalue weighted by Crippen LogP contribution is -1.85. The van der Waals surface area contributed by atoms with Crippen molar-refractivity contribution in [3.63, 3.8) is 0 Å². The SMILES string of the molecule is CCc1ccccc1C1=C[CH]1. The molecule has 55 valence electrons. The third-order valence-electron chi connectivity index (χ3n) is 2.04. The number of hydrogen-bond donors (Lipinski definition) is 0. The molecule has 0 heteroatoms. The second-order valence-corrected chi connectivity index (χ2v) is 2.80. The van der Waals surface area contributed by atoms with Crippen molar-refractivity contribution in [1.82, 2.24) is 0 Å². The Labute approximate surface area is 67.6 Å². The summed E-state index contributed by atoms with van der Waals surface area (Å²) in [5, 5.41) is 0. The molecule has 0 saturated carbocycles. The van der Waals surface area contributed by atoms with Gasteiger partial charge in [0.2, 0.25) is 0 Å². The first kappa shape index (κ1) is 6.66. The van der Waals surface area contributed by atoms with Gasteiger partial charge in [0.05, 0.1) is 0 Å². The maximum Gasteiger partial charge on any atom is 0.0131 e. The standard InChI is InChI=1S/C11H11/c1-2-9-5-3-4-6-11(9)10-7-8-10/h3-8H,2H2,1H3. The Morgan fingerprint density at radius 1 is 1.18 bits per heavy atom. The average Bonchev–Trinajstić information content (AvgIpc) is 2.87. The highest BCUT2D eigenvalue weighted by atomic mass is 14.2. The zero-order chi connectivity index (χ0) is 7.68. The molecule has 1 aromatic rings. The molecule has 1 radical (unpaired) electrons. The van der Waals surface area contributed by atoms with E-state index < -0.39 is 0 Å². The first-order chi connectivity index (χ1) is 5.42. The highest BCUT2D eigenvalue weighted by Gasteiger charge is 2.12. The van der Waals surface area contributed by atoms with Crippen LogP contribution in [0.2, 0.25) is 0 Å². The molecule has 1 aliphatic rings. The van der Waals surface area contributed by atoms with Gasteiger partial charge in [-0.15, -0.1) is 0 Å². The minimum absolute atomic E-state index is 1.13. The molecule has 0 heterocycles. The van der Waals surface area contributed by atoms with E-state index in [1.165, 1.54) is 16.7 Å². The highest BCUT2D eigenvalue weighted by molar-refractivity contribution is 5.88. The molecule has 0 atom stereocenters. The molecule has 0 amide bonds. The van der Waals surface area contributed by atoms with Crippen LogP contribution in [0.4, 0.5) is 0 Å². The maximum atomic E-state index is 2.20. The second kappa shape index (κ2) is 2.54. The summed E-state index contributed by atoms with van der Waals surface area (Å²) in [4.78, 5) is 0. The molecule has 0 nitrogen and oxygen atoms in total. The lowest BCUT2D eigenvalue weighted by Gasteiger charge is -2.01. The molecule has 0 aromatic heterocycles. The van der Waals surface area contributed by atoms with E-state index >= 15 is 0 Å². The van der Waals surface area contributed by atoms with Crippen LogP contribution >= 0.6 is 0 Å². The molecule has 1 aliphatic carbocycles. The minimum Gasteiger partial charge on any atom is -0.0716 e. The number of allylic oxidation sites excluding steroid dienone is 2. The Balaban J connectivity index is 2.43. The topological polar surface area (TPSA) is 0 Å². The Kier molecular flexibility index (Phi) is 1.54.